The molecule has 2 amide bonds. The summed E-state index contributed by atoms with van der Waals surface area (Å²) in [5.41, 5.74) is 6.19. The van der Waals surface area contributed by atoms with Crippen molar-refractivity contribution < 1.29 is 4.79 Å². The number of carbonyl (C=O) groups is 1. The summed E-state index contributed by atoms with van der Waals surface area (Å²) in [7, 11) is 1.65. The number of aromatic nitrogens is 1. The van der Waals surface area contributed by atoms with Gasteiger partial charge in [0.1, 0.15) is 5.82 Å². The summed E-state index contributed by atoms with van der Waals surface area (Å²) in [6.45, 7) is 3.80. The fourth-order valence-corrected chi connectivity index (χ4v) is 1.07. The lowest BCUT2D eigenvalue weighted by atomic mass is 10.4. The molecule has 5 heteroatoms. The Balaban J connectivity index is 2.76. The summed E-state index contributed by atoms with van der Waals surface area (Å²) in [5, 5.41) is 2.77. The zero-order chi connectivity index (χ0) is 11.4. The third-order valence-electron chi connectivity index (χ3n) is 1.83. The molecule has 0 spiro atoms. The zero-order valence-corrected chi connectivity index (χ0v) is 9.19. The van der Waals surface area contributed by atoms with Crippen LogP contribution in [-0.4, -0.2) is 24.1 Å². The van der Waals surface area contributed by atoms with Gasteiger partial charge in [0.25, 0.3) is 0 Å². The molecule has 0 fully saturated rings. The molecule has 3 N–H and O–H groups in total. The highest BCUT2D eigenvalue weighted by atomic mass is 16.2. The first kappa shape index (κ1) is 11.3. The van der Waals surface area contributed by atoms with Crippen molar-refractivity contribution in [2.45, 2.75) is 19.9 Å². The molecule has 82 valence electrons. The Morgan fingerprint density at radius 3 is 2.80 bits per heavy atom. The van der Waals surface area contributed by atoms with E-state index in [1.165, 1.54) is 4.90 Å². The minimum atomic E-state index is -0.192. The topological polar surface area (TPSA) is 71.2 Å². The number of nitrogens with one attached hydrogen (secondary N) is 1. The van der Waals surface area contributed by atoms with E-state index in [-0.39, 0.29) is 12.1 Å². The van der Waals surface area contributed by atoms with E-state index in [0.717, 1.165) is 0 Å². The Morgan fingerprint density at radius 1 is 1.60 bits per heavy atom. The molecule has 0 aromatic carbocycles. The first-order valence-corrected chi connectivity index (χ1v) is 4.76. The van der Waals surface area contributed by atoms with Crippen LogP contribution < -0.4 is 16.0 Å². The predicted molar refractivity (Wildman–Crippen MR) is 60.7 cm³/mol. The van der Waals surface area contributed by atoms with Crippen molar-refractivity contribution in [2.75, 3.05) is 17.7 Å². The first-order chi connectivity index (χ1) is 7.00. The smallest absolute Gasteiger partial charge is 0.322 e. The number of urea groups is 1. The number of amides is 2. The molecule has 15 heavy (non-hydrogen) atoms. The average Bonchev–Trinajstić information content (AvgIpc) is 2.15. The molecule has 1 aromatic rings. The lowest BCUT2D eigenvalue weighted by Gasteiger charge is -2.18. The van der Waals surface area contributed by atoms with Crippen molar-refractivity contribution in [3.63, 3.8) is 0 Å². The van der Waals surface area contributed by atoms with Crippen LogP contribution in [0.1, 0.15) is 13.8 Å². The number of hydrogen-bond acceptors (Lipinski definition) is 3. The maximum absolute atomic E-state index is 11.6. The van der Waals surface area contributed by atoms with Crippen molar-refractivity contribution in [3.8, 4) is 0 Å². The van der Waals surface area contributed by atoms with E-state index < -0.39 is 0 Å². The van der Waals surface area contributed by atoms with Crippen LogP contribution in [0.4, 0.5) is 16.3 Å². The Kier molecular flexibility index (Phi) is 3.49. The molecular weight excluding hydrogens is 192 g/mol. The van der Waals surface area contributed by atoms with Gasteiger partial charge < -0.3 is 11.1 Å². The van der Waals surface area contributed by atoms with E-state index in [1.54, 1.807) is 25.4 Å². The van der Waals surface area contributed by atoms with Crippen LogP contribution in [0.25, 0.3) is 0 Å². The van der Waals surface area contributed by atoms with Gasteiger partial charge in [0.15, 0.2) is 0 Å². The molecule has 1 rings (SSSR count). The fraction of sp³-hybridized carbons (Fsp3) is 0.400. The van der Waals surface area contributed by atoms with Crippen LogP contribution >= 0.6 is 0 Å². The van der Waals surface area contributed by atoms with Crippen molar-refractivity contribution >= 4 is 17.5 Å². The third kappa shape index (κ3) is 3.12. The van der Waals surface area contributed by atoms with Gasteiger partial charge in [-0.1, -0.05) is 0 Å². The predicted octanol–water partition coefficient (Wildman–Crippen LogP) is 1.22. The molecule has 0 atom stereocenters. The first-order valence-electron chi connectivity index (χ1n) is 4.76. The number of rotatable bonds is 2. The van der Waals surface area contributed by atoms with E-state index in [9.17, 15) is 4.79 Å². The lowest BCUT2D eigenvalue weighted by Crippen LogP contribution is -2.41. The van der Waals surface area contributed by atoms with Gasteiger partial charge in [-0.05, 0) is 19.9 Å². The number of nitrogens with zero attached hydrogens (tertiary/aromatic N) is 2. The molecule has 0 aliphatic rings. The molecule has 0 aliphatic carbocycles. The molecule has 1 aromatic heterocycles. The molecule has 0 aliphatic heterocycles. The van der Waals surface area contributed by atoms with Gasteiger partial charge in [0.2, 0.25) is 0 Å². The number of nitrogens with two attached hydrogens (primary N) is 1. The summed E-state index contributed by atoms with van der Waals surface area (Å²) in [4.78, 5) is 17.1. The number of hydrogen-bond donors (Lipinski definition) is 2. The van der Waals surface area contributed by atoms with E-state index in [0.29, 0.717) is 11.5 Å². The molecule has 0 saturated heterocycles. The number of nitrogen functional groups attached to an aromatic ring is 1. The van der Waals surface area contributed by atoms with Gasteiger partial charge >= 0.3 is 6.03 Å². The highest BCUT2D eigenvalue weighted by molar-refractivity contribution is 5.90. The van der Waals surface area contributed by atoms with Crippen LogP contribution in [-0.2, 0) is 0 Å². The molecule has 1 heterocycles. The third-order valence-corrected chi connectivity index (χ3v) is 1.83. The van der Waals surface area contributed by atoms with Crippen LogP contribution in [0.3, 0.4) is 0 Å². The standard InChI is InChI=1S/C10H16N4O/c1-7(2)13-10(15)14(3)9-6-8(11)4-5-12-9/h4-7H,1-3H3,(H2,11,12)(H,13,15). The minimum Gasteiger partial charge on any atom is -0.399 e. The summed E-state index contributed by atoms with van der Waals surface area (Å²) < 4.78 is 0. The van der Waals surface area contributed by atoms with Crippen molar-refractivity contribution in [1.29, 1.82) is 0 Å². The maximum Gasteiger partial charge on any atom is 0.322 e. The SMILES string of the molecule is CC(C)NC(=O)N(C)c1cc(N)ccn1. The van der Waals surface area contributed by atoms with Crippen LogP contribution in [0, 0.1) is 0 Å². The molecule has 0 unspecified atom stereocenters. The van der Waals surface area contributed by atoms with Gasteiger partial charge in [-0.15, -0.1) is 0 Å². The quantitative estimate of drug-likeness (QED) is 0.767. The molecule has 5 nitrogen and oxygen atoms in total. The second kappa shape index (κ2) is 4.63. The van der Waals surface area contributed by atoms with Gasteiger partial charge in [-0.2, -0.15) is 0 Å². The van der Waals surface area contributed by atoms with Crippen molar-refractivity contribution in [2.24, 2.45) is 0 Å². The zero-order valence-electron chi connectivity index (χ0n) is 9.19. The largest absolute Gasteiger partial charge is 0.399 e. The van der Waals surface area contributed by atoms with Crippen LogP contribution in [0.15, 0.2) is 18.3 Å². The van der Waals surface area contributed by atoms with Crippen molar-refractivity contribution in [1.82, 2.24) is 10.3 Å². The second-order valence-electron chi connectivity index (χ2n) is 3.61. The maximum atomic E-state index is 11.6. The average molecular weight is 208 g/mol. The summed E-state index contributed by atoms with van der Waals surface area (Å²) in [5.74, 6) is 0.535. The summed E-state index contributed by atoms with van der Waals surface area (Å²) in [6, 6.07) is 3.24. The normalized spacial score (nSPS) is 10.1. The minimum absolute atomic E-state index is 0.0982. The summed E-state index contributed by atoms with van der Waals surface area (Å²) >= 11 is 0. The lowest BCUT2D eigenvalue weighted by molar-refractivity contribution is 0.245. The second-order valence-corrected chi connectivity index (χ2v) is 3.61. The summed E-state index contributed by atoms with van der Waals surface area (Å²) in [6.07, 6.45) is 1.57. The Morgan fingerprint density at radius 2 is 2.27 bits per heavy atom. The van der Waals surface area contributed by atoms with Gasteiger partial charge in [-0.25, -0.2) is 9.78 Å². The van der Waals surface area contributed by atoms with Gasteiger partial charge in [0, 0.05) is 31.0 Å². The highest BCUT2D eigenvalue weighted by Crippen LogP contribution is 2.12. The monoisotopic (exact) mass is 208 g/mol. The van der Waals surface area contributed by atoms with E-state index in [2.05, 4.69) is 10.3 Å². The molecular formula is C10H16N4O. The molecule has 0 saturated carbocycles. The molecule has 0 radical (unpaired) electrons. The number of carbonyl (C=O) groups excluding carboxylic acids is 1. The number of pyridine rings is 1. The van der Waals surface area contributed by atoms with E-state index in [1.807, 2.05) is 13.8 Å². The van der Waals surface area contributed by atoms with Crippen LogP contribution in [0.2, 0.25) is 0 Å². The fourth-order valence-electron chi connectivity index (χ4n) is 1.07. The van der Waals surface area contributed by atoms with Crippen molar-refractivity contribution in [3.05, 3.63) is 18.3 Å². The van der Waals surface area contributed by atoms with E-state index in [4.69, 9.17) is 5.73 Å². The Labute approximate surface area is 89.3 Å². The highest BCUT2D eigenvalue weighted by Gasteiger charge is 2.12. The van der Waals surface area contributed by atoms with E-state index >= 15 is 0 Å². The van der Waals surface area contributed by atoms with Crippen LogP contribution in [0.5, 0.6) is 0 Å². The van der Waals surface area contributed by atoms with Gasteiger partial charge in [0.05, 0.1) is 0 Å². The number of anilines is 2. The Hall–Kier alpha value is -1.78. The Bertz CT molecular complexity index is 351. The molecule has 0 bridgehead atoms. The van der Waals surface area contributed by atoms with Gasteiger partial charge in [-0.3, -0.25) is 4.90 Å².